The van der Waals surface area contributed by atoms with Crippen molar-refractivity contribution >= 4 is 17.3 Å². The van der Waals surface area contributed by atoms with E-state index in [4.69, 9.17) is 0 Å². The summed E-state index contributed by atoms with van der Waals surface area (Å²) in [5.74, 6) is -0.851. The van der Waals surface area contributed by atoms with Crippen molar-refractivity contribution in [2.24, 2.45) is 5.41 Å². The summed E-state index contributed by atoms with van der Waals surface area (Å²) in [7, 11) is 4.11. The molecule has 2 heterocycles. The number of carboxylic acid groups (broad SMARTS) is 1. The quantitative estimate of drug-likeness (QED) is 0.797. The second-order valence-corrected chi connectivity index (χ2v) is 7.87. The second kappa shape index (κ2) is 7.75. The van der Waals surface area contributed by atoms with Gasteiger partial charge in [0.2, 0.25) is 0 Å². The third-order valence-corrected chi connectivity index (χ3v) is 5.62. The molecule has 6 heteroatoms. The van der Waals surface area contributed by atoms with Crippen LogP contribution in [0.25, 0.3) is 0 Å². The van der Waals surface area contributed by atoms with Gasteiger partial charge in [0.15, 0.2) is 0 Å². The van der Waals surface area contributed by atoms with E-state index in [0.717, 1.165) is 26.1 Å². The lowest BCUT2D eigenvalue weighted by Crippen LogP contribution is -2.54. The van der Waals surface area contributed by atoms with Crippen LogP contribution in [0.2, 0.25) is 0 Å². The lowest BCUT2D eigenvalue weighted by molar-refractivity contribution is -0.164. The summed E-state index contributed by atoms with van der Waals surface area (Å²) in [6.45, 7) is 4.86. The highest BCUT2D eigenvalue weighted by molar-refractivity contribution is 7.10. The highest BCUT2D eigenvalue weighted by atomic mass is 32.1. The zero-order valence-electron chi connectivity index (χ0n) is 14.3. The highest BCUT2D eigenvalue weighted by Gasteiger charge is 2.47. The first kappa shape index (κ1) is 18.4. The number of aliphatic carboxylic acids is 1. The fraction of sp³-hybridized carbons (Fsp3) is 0.706. The predicted molar refractivity (Wildman–Crippen MR) is 92.6 cm³/mol. The molecular formula is C17H28N2O3S. The van der Waals surface area contributed by atoms with Crippen LogP contribution in [0.15, 0.2) is 11.4 Å². The number of piperidine rings is 1. The average molecular weight is 340 g/mol. The Kier molecular flexibility index (Phi) is 6.19. The minimum absolute atomic E-state index is 0.438. The van der Waals surface area contributed by atoms with Gasteiger partial charge < -0.3 is 15.1 Å². The van der Waals surface area contributed by atoms with E-state index < -0.39 is 17.5 Å². The molecule has 130 valence electrons. The Morgan fingerprint density at radius 1 is 1.52 bits per heavy atom. The van der Waals surface area contributed by atoms with Crippen molar-refractivity contribution in [3.8, 4) is 0 Å². The molecule has 0 unspecified atom stereocenters. The molecule has 0 aromatic carbocycles. The minimum Gasteiger partial charge on any atom is -0.481 e. The molecule has 5 nitrogen and oxygen atoms in total. The molecule has 1 aliphatic heterocycles. The number of nitrogens with zero attached hydrogens (tertiary/aromatic N) is 2. The number of thiophene rings is 1. The van der Waals surface area contributed by atoms with Gasteiger partial charge in [-0.2, -0.15) is 0 Å². The molecule has 0 saturated carbocycles. The van der Waals surface area contributed by atoms with Crippen molar-refractivity contribution in [2.45, 2.75) is 45.4 Å². The Labute approximate surface area is 142 Å². The molecule has 1 aromatic heterocycles. The summed E-state index contributed by atoms with van der Waals surface area (Å²) in [6, 6.07) is 2.21. The summed E-state index contributed by atoms with van der Waals surface area (Å²) in [5.41, 5.74) is 0.343. The van der Waals surface area contributed by atoms with Gasteiger partial charge >= 0.3 is 5.97 Å². The van der Waals surface area contributed by atoms with E-state index >= 15 is 0 Å². The van der Waals surface area contributed by atoms with E-state index in [1.807, 2.05) is 6.92 Å². The fourth-order valence-corrected chi connectivity index (χ4v) is 4.37. The number of carboxylic acids is 1. The predicted octanol–water partition coefficient (Wildman–Crippen LogP) is 2.25. The van der Waals surface area contributed by atoms with Crippen molar-refractivity contribution in [2.75, 3.05) is 27.2 Å². The Balaban J connectivity index is 1.97. The number of hydrogen-bond acceptors (Lipinski definition) is 5. The highest BCUT2D eigenvalue weighted by Crippen LogP contribution is 2.37. The number of hydrogen-bond donors (Lipinski definition) is 2. The summed E-state index contributed by atoms with van der Waals surface area (Å²) in [6.07, 6.45) is 1.05. The second-order valence-electron chi connectivity index (χ2n) is 6.87. The Hall–Kier alpha value is -0.950. The van der Waals surface area contributed by atoms with Crippen LogP contribution >= 0.6 is 11.3 Å². The Morgan fingerprint density at radius 3 is 2.83 bits per heavy atom. The fourth-order valence-electron chi connectivity index (χ4n) is 3.45. The third kappa shape index (κ3) is 4.32. The summed E-state index contributed by atoms with van der Waals surface area (Å²) < 4.78 is 0. The van der Waals surface area contributed by atoms with Gasteiger partial charge in [0, 0.05) is 24.5 Å². The SMILES string of the molecule is CCC[C@]1(C(=O)O)CCN(Cc2cc(CN(C)C)cs2)C[C@H]1O. The maximum Gasteiger partial charge on any atom is 0.312 e. The molecule has 0 radical (unpaired) electrons. The van der Waals surface area contributed by atoms with Crippen LogP contribution < -0.4 is 0 Å². The normalized spacial score (nSPS) is 25.9. The molecule has 2 rings (SSSR count). The topological polar surface area (TPSA) is 64.0 Å². The van der Waals surface area contributed by atoms with Crippen molar-refractivity contribution in [3.05, 3.63) is 21.9 Å². The van der Waals surface area contributed by atoms with Gasteiger partial charge in [-0.1, -0.05) is 13.3 Å². The molecule has 1 aromatic rings. The summed E-state index contributed by atoms with van der Waals surface area (Å²) in [4.78, 5) is 17.3. The van der Waals surface area contributed by atoms with Crippen LogP contribution in [-0.2, 0) is 17.9 Å². The zero-order chi connectivity index (χ0) is 17.0. The van der Waals surface area contributed by atoms with Crippen LogP contribution in [0.3, 0.4) is 0 Å². The van der Waals surface area contributed by atoms with Gasteiger partial charge in [0.1, 0.15) is 0 Å². The maximum atomic E-state index is 11.7. The zero-order valence-corrected chi connectivity index (χ0v) is 15.1. The Bertz CT molecular complexity index is 532. The molecule has 0 amide bonds. The largest absolute Gasteiger partial charge is 0.481 e. The third-order valence-electron chi connectivity index (χ3n) is 4.65. The van der Waals surface area contributed by atoms with Gasteiger partial charge in [-0.05, 0) is 50.5 Å². The van der Waals surface area contributed by atoms with Gasteiger partial charge in [-0.3, -0.25) is 9.69 Å². The summed E-state index contributed by atoms with van der Waals surface area (Å²) >= 11 is 1.74. The Morgan fingerprint density at radius 2 is 2.26 bits per heavy atom. The standard InChI is InChI=1S/C17H28N2O3S/c1-4-5-17(16(21)22)6-7-19(11-15(17)20)10-14-8-13(12-23-14)9-18(2)3/h8,12,15,20H,4-7,9-11H2,1-3H3,(H,21,22)/t15-,17+/m1/s1. The van der Waals surface area contributed by atoms with Crippen LogP contribution in [0, 0.1) is 5.41 Å². The number of aliphatic hydroxyl groups excluding tert-OH is 1. The van der Waals surface area contributed by atoms with Crippen LogP contribution in [0.1, 0.15) is 36.6 Å². The van der Waals surface area contributed by atoms with Gasteiger partial charge in [-0.25, -0.2) is 0 Å². The van der Waals surface area contributed by atoms with Crippen molar-refractivity contribution in [3.63, 3.8) is 0 Å². The van der Waals surface area contributed by atoms with E-state index in [1.165, 1.54) is 10.4 Å². The van der Waals surface area contributed by atoms with E-state index in [-0.39, 0.29) is 0 Å². The molecule has 0 spiro atoms. The molecular weight excluding hydrogens is 312 g/mol. The molecule has 0 aliphatic carbocycles. The average Bonchev–Trinajstić information content (AvgIpc) is 2.88. The molecule has 1 fully saturated rings. The van der Waals surface area contributed by atoms with Gasteiger partial charge in [0.25, 0.3) is 0 Å². The van der Waals surface area contributed by atoms with E-state index in [9.17, 15) is 15.0 Å². The smallest absolute Gasteiger partial charge is 0.312 e. The van der Waals surface area contributed by atoms with Crippen molar-refractivity contribution in [1.82, 2.24) is 9.80 Å². The molecule has 1 saturated heterocycles. The lowest BCUT2D eigenvalue weighted by Gasteiger charge is -2.42. The van der Waals surface area contributed by atoms with Crippen molar-refractivity contribution < 1.29 is 15.0 Å². The lowest BCUT2D eigenvalue weighted by atomic mass is 9.73. The summed E-state index contributed by atoms with van der Waals surface area (Å²) in [5, 5.41) is 22.2. The van der Waals surface area contributed by atoms with Gasteiger partial charge in [-0.15, -0.1) is 11.3 Å². The number of rotatable bonds is 7. The first-order chi connectivity index (χ1) is 10.9. The first-order valence-corrected chi connectivity index (χ1v) is 9.10. The molecule has 2 atom stereocenters. The van der Waals surface area contributed by atoms with Gasteiger partial charge in [0.05, 0.1) is 11.5 Å². The number of β-amino-alcohol motifs (C(OH)–C–C–N with tert-alkyl or cyclic N) is 1. The molecule has 1 aliphatic rings. The molecule has 23 heavy (non-hydrogen) atoms. The number of likely N-dealkylation sites (tertiary alicyclic amines) is 1. The van der Waals surface area contributed by atoms with Crippen LogP contribution in [0.4, 0.5) is 0 Å². The number of aliphatic hydroxyl groups is 1. The monoisotopic (exact) mass is 340 g/mol. The van der Waals surface area contributed by atoms with E-state index in [2.05, 4.69) is 35.3 Å². The van der Waals surface area contributed by atoms with Crippen LogP contribution in [0.5, 0.6) is 0 Å². The molecule has 2 N–H and O–H groups in total. The van der Waals surface area contributed by atoms with E-state index in [1.54, 1.807) is 11.3 Å². The maximum absolute atomic E-state index is 11.7. The van der Waals surface area contributed by atoms with Crippen LogP contribution in [-0.4, -0.2) is 59.3 Å². The number of carbonyl (C=O) groups is 1. The van der Waals surface area contributed by atoms with E-state index in [0.29, 0.717) is 19.4 Å². The van der Waals surface area contributed by atoms with Crippen molar-refractivity contribution in [1.29, 1.82) is 0 Å². The molecule has 0 bridgehead atoms. The minimum atomic E-state index is -0.962. The first-order valence-electron chi connectivity index (χ1n) is 8.22.